The van der Waals surface area contributed by atoms with Gasteiger partial charge in [-0.1, -0.05) is 53.4 Å². The predicted molar refractivity (Wildman–Crippen MR) is 65.8 cm³/mol. The van der Waals surface area contributed by atoms with Crippen LogP contribution in [0.25, 0.3) is 0 Å². The summed E-state index contributed by atoms with van der Waals surface area (Å²) in [5.74, 6) is 1.21. The number of aliphatic hydroxyl groups excluding tert-OH is 1. The van der Waals surface area contributed by atoms with Crippen LogP contribution < -0.4 is 0 Å². The molecule has 0 radical (unpaired) electrons. The van der Waals surface area contributed by atoms with E-state index in [0.717, 1.165) is 12.3 Å². The first-order valence-corrected chi connectivity index (χ1v) is 6.45. The summed E-state index contributed by atoms with van der Waals surface area (Å²) < 4.78 is 1.17. The summed E-state index contributed by atoms with van der Waals surface area (Å²) in [7, 11) is 0. The van der Waals surface area contributed by atoms with Gasteiger partial charge in [0.2, 0.25) is 0 Å². The van der Waals surface area contributed by atoms with Gasteiger partial charge in [0.05, 0.1) is 0 Å². The predicted octanol–water partition coefficient (Wildman–Crippen LogP) is 3.40. The first-order valence-electron chi connectivity index (χ1n) is 5.65. The van der Waals surface area contributed by atoms with Gasteiger partial charge >= 0.3 is 0 Å². The zero-order valence-corrected chi connectivity index (χ0v) is 10.4. The van der Waals surface area contributed by atoms with Crippen molar-refractivity contribution < 1.29 is 5.11 Å². The lowest BCUT2D eigenvalue weighted by atomic mass is 9.74. The van der Waals surface area contributed by atoms with E-state index in [9.17, 15) is 5.11 Å². The minimum absolute atomic E-state index is 0.325. The zero-order valence-electron chi connectivity index (χ0n) is 8.82. The number of hydrogen-bond donors (Lipinski definition) is 1. The van der Waals surface area contributed by atoms with Crippen molar-refractivity contribution in [3.05, 3.63) is 34.3 Å². The van der Waals surface area contributed by atoms with Crippen LogP contribution in [0.3, 0.4) is 0 Å². The van der Waals surface area contributed by atoms with Gasteiger partial charge in [0, 0.05) is 11.1 Å². The first-order chi connectivity index (χ1) is 7.31. The Labute approximate surface area is 99.6 Å². The van der Waals surface area contributed by atoms with E-state index in [1.165, 1.54) is 29.3 Å². The molecule has 2 rings (SSSR count). The minimum atomic E-state index is 0.325. The standard InChI is InChI=1S/C13H17BrO/c14-13-7-2-1-4-11(13)8-12(9-15)10-5-3-6-10/h1-2,4,7,10,12,15H,3,5-6,8-9H2. The Morgan fingerprint density at radius 3 is 2.60 bits per heavy atom. The van der Waals surface area contributed by atoms with Gasteiger partial charge in [-0.25, -0.2) is 0 Å². The van der Waals surface area contributed by atoms with E-state index in [2.05, 4.69) is 34.1 Å². The molecule has 1 unspecified atom stereocenters. The number of benzene rings is 1. The number of aliphatic hydroxyl groups is 1. The SMILES string of the molecule is OCC(Cc1ccccc1Br)C1CCC1. The highest BCUT2D eigenvalue weighted by Gasteiger charge is 2.26. The Kier molecular flexibility index (Phi) is 3.81. The van der Waals surface area contributed by atoms with Crippen LogP contribution in [0.2, 0.25) is 0 Å². The van der Waals surface area contributed by atoms with Crippen molar-refractivity contribution in [1.29, 1.82) is 0 Å². The van der Waals surface area contributed by atoms with Crippen LogP contribution in [-0.2, 0) is 6.42 Å². The Hall–Kier alpha value is -0.340. The van der Waals surface area contributed by atoms with Crippen LogP contribution in [-0.4, -0.2) is 11.7 Å². The number of hydrogen-bond acceptors (Lipinski definition) is 1. The molecule has 15 heavy (non-hydrogen) atoms. The number of halogens is 1. The van der Waals surface area contributed by atoms with Gasteiger partial charge in [-0.15, -0.1) is 0 Å². The Morgan fingerprint density at radius 1 is 1.33 bits per heavy atom. The van der Waals surface area contributed by atoms with Crippen LogP contribution in [0.5, 0.6) is 0 Å². The molecule has 1 saturated carbocycles. The summed E-state index contributed by atoms with van der Waals surface area (Å²) >= 11 is 3.56. The molecule has 0 saturated heterocycles. The quantitative estimate of drug-likeness (QED) is 0.888. The second-order valence-electron chi connectivity index (χ2n) is 4.43. The fourth-order valence-corrected chi connectivity index (χ4v) is 2.68. The summed E-state index contributed by atoms with van der Waals surface area (Å²) in [6.45, 7) is 0.325. The van der Waals surface area contributed by atoms with Crippen molar-refractivity contribution in [2.24, 2.45) is 11.8 Å². The second-order valence-corrected chi connectivity index (χ2v) is 5.28. The first kappa shape index (κ1) is 11.2. The van der Waals surface area contributed by atoms with Gasteiger partial charge in [-0.05, 0) is 29.9 Å². The molecule has 0 aliphatic heterocycles. The maximum Gasteiger partial charge on any atom is 0.0465 e. The average molecular weight is 269 g/mol. The van der Waals surface area contributed by atoms with E-state index in [0.29, 0.717) is 12.5 Å². The molecular weight excluding hydrogens is 252 g/mol. The van der Waals surface area contributed by atoms with Gasteiger partial charge in [-0.3, -0.25) is 0 Å². The van der Waals surface area contributed by atoms with Crippen LogP contribution in [0.1, 0.15) is 24.8 Å². The summed E-state index contributed by atoms with van der Waals surface area (Å²) in [6.07, 6.45) is 4.95. The van der Waals surface area contributed by atoms with Crippen LogP contribution in [0.15, 0.2) is 28.7 Å². The van der Waals surface area contributed by atoms with E-state index >= 15 is 0 Å². The van der Waals surface area contributed by atoms with E-state index in [1.54, 1.807) is 0 Å². The molecule has 0 heterocycles. The molecular formula is C13H17BrO. The van der Waals surface area contributed by atoms with E-state index < -0.39 is 0 Å². The second kappa shape index (κ2) is 5.13. The van der Waals surface area contributed by atoms with Crippen LogP contribution >= 0.6 is 15.9 Å². The Morgan fingerprint density at radius 2 is 2.07 bits per heavy atom. The van der Waals surface area contributed by atoms with Crippen molar-refractivity contribution in [3.8, 4) is 0 Å². The molecule has 0 spiro atoms. The van der Waals surface area contributed by atoms with Crippen molar-refractivity contribution in [2.75, 3.05) is 6.61 Å². The van der Waals surface area contributed by atoms with Crippen molar-refractivity contribution in [3.63, 3.8) is 0 Å². The fraction of sp³-hybridized carbons (Fsp3) is 0.538. The van der Waals surface area contributed by atoms with Crippen molar-refractivity contribution in [2.45, 2.75) is 25.7 Å². The molecule has 0 aromatic heterocycles. The van der Waals surface area contributed by atoms with E-state index in [-0.39, 0.29) is 0 Å². The molecule has 1 nitrogen and oxygen atoms in total. The average Bonchev–Trinajstić information content (AvgIpc) is 2.17. The third-order valence-corrected chi connectivity index (χ3v) is 4.26. The molecule has 1 fully saturated rings. The van der Waals surface area contributed by atoms with Crippen molar-refractivity contribution >= 4 is 15.9 Å². The van der Waals surface area contributed by atoms with Crippen LogP contribution in [0, 0.1) is 11.8 Å². The fourth-order valence-electron chi connectivity index (χ4n) is 2.24. The summed E-state index contributed by atoms with van der Waals surface area (Å²) in [5, 5.41) is 9.40. The minimum Gasteiger partial charge on any atom is -0.396 e. The van der Waals surface area contributed by atoms with Crippen molar-refractivity contribution in [1.82, 2.24) is 0 Å². The topological polar surface area (TPSA) is 20.2 Å². The maximum atomic E-state index is 9.40. The molecule has 0 amide bonds. The third-order valence-electron chi connectivity index (χ3n) is 3.49. The van der Waals surface area contributed by atoms with Crippen LogP contribution in [0.4, 0.5) is 0 Å². The Balaban J connectivity index is 2.02. The summed E-state index contributed by atoms with van der Waals surface area (Å²) in [4.78, 5) is 0. The monoisotopic (exact) mass is 268 g/mol. The van der Waals surface area contributed by atoms with Gasteiger partial charge in [0.25, 0.3) is 0 Å². The highest BCUT2D eigenvalue weighted by atomic mass is 79.9. The third kappa shape index (κ3) is 2.61. The molecule has 1 aliphatic carbocycles. The van der Waals surface area contributed by atoms with Gasteiger partial charge < -0.3 is 5.11 Å². The summed E-state index contributed by atoms with van der Waals surface area (Å²) in [6, 6.07) is 8.32. The van der Waals surface area contributed by atoms with Gasteiger partial charge in [0.1, 0.15) is 0 Å². The molecule has 0 bridgehead atoms. The number of rotatable bonds is 4. The smallest absolute Gasteiger partial charge is 0.0465 e. The molecule has 2 heteroatoms. The molecule has 1 aliphatic rings. The summed E-state index contributed by atoms with van der Waals surface area (Å²) in [5.41, 5.74) is 1.32. The van der Waals surface area contributed by atoms with E-state index in [1.807, 2.05) is 6.07 Å². The molecule has 1 N–H and O–H groups in total. The molecule has 1 aromatic carbocycles. The van der Waals surface area contributed by atoms with Gasteiger partial charge in [-0.2, -0.15) is 0 Å². The normalized spacial score (nSPS) is 18.5. The zero-order chi connectivity index (χ0) is 10.7. The molecule has 1 aromatic rings. The maximum absolute atomic E-state index is 9.40. The van der Waals surface area contributed by atoms with E-state index in [4.69, 9.17) is 0 Å². The molecule has 82 valence electrons. The lowest BCUT2D eigenvalue weighted by Crippen LogP contribution is -2.26. The lowest BCUT2D eigenvalue weighted by Gasteiger charge is -2.33. The molecule has 1 atom stereocenters. The highest BCUT2D eigenvalue weighted by molar-refractivity contribution is 9.10. The Bertz CT molecular complexity index is 320. The van der Waals surface area contributed by atoms with Gasteiger partial charge in [0.15, 0.2) is 0 Å². The highest BCUT2D eigenvalue weighted by Crippen LogP contribution is 2.35. The lowest BCUT2D eigenvalue weighted by molar-refractivity contribution is 0.123. The largest absolute Gasteiger partial charge is 0.396 e.